The topological polar surface area (TPSA) is 157 Å². The summed E-state index contributed by atoms with van der Waals surface area (Å²) >= 11 is 3.89. The van der Waals surface area contributed by atoms with Crippen molar-refractivity contribution >= 4 is 36.3 Å². The summed E-state index contributed by atoms with van der Waals surface area (Å²) in [6.45, 7) is 2.02. The van der Waals surface area contributed by atoms with E-state index >= 15 is 0 Å². The molecule has 5 atom stereocenters. The third-order valence-electron chi connectivity index (χ3n) is 5.15. The lowest BCUT2D eigenvalue weighted by molar-refractivity contribution is -0.142. The van der Waals surface area contributed by atoms with Crippen molar-refractivity contribution in [3.8, 4) is 0 Å². The van der Waals surface area contributed by atoms with Gasteiger partial charge in [0.1, 0.15) is 18.1 Å². The molecule has 6 N–H and O–H groups in total. The van der Waals surface area contributed by atoms with Crippen LogP contribution in [0.3, 0.4) is 0 Å². The lowest BCUT2D eigenvalue weighted by atomic mass is 10.0. The van der Waals surface area contributed by atoms with Crippen LogP contribution in [0.25, 0.3) is 0 Å². The SMILES string of the molecule is CC(O)C(NC(=O)C(Cc1ccccc1)NC(=O)C1CCCN1)C(=O)NC(CS)C(=O)O. The third-order valence-corrected chi connectivity index (χ3v) is 5.52. The molecule has 11 heteroatoms. The monoisotopic (exact) mass is 466 g/mol. The highest BCUT2D eigenvalue weighted by Gasteiger charge is 2.33. The Hall–Kier alpha value is -2.63. The minimum atomic E-state index is -1.41. The number of thiol groups is 1. The van der Waals surface area contributed by atoms with Crippen molar-refractivity contribution in [1.82, 2.24) is 21.3 Å². The Bertz CT molecular complexity index is 801. The average molecular weight is 467 g/mol. The van der Waals surface area contributed by atoms with Gasteiger partial charge in [0.15, 0.2) is 0 Å². The quantitative estimate of drug-likeness (QED) is 0.203. The molecule has 10 nitrogen and oxygen atoms in total. The van der Waals surface area contributed by atoms with E-state index in [1.807, 2.05) is 18.2 Å². The summed E-state index contributed by atoms with van der Waals surface area (Å²) in [6.07, 6.45) is 0.379. The van der Waals surface area contributed by atoms with Gasteiger partial charge in [-0.2, -0.15) is 12.6 Å². The minimum absolute atomic E-state index is 0.164. The Kier molecular flexibility index (Phi) is 9.95. The standard InChI is InChI=1S/C21H30N4O6S/c1-12(26)17(20(29)24-16(11-32)21(30)31)25-19(28)15(10-13-6-3-2-4-7-13)23-18(27)14-8-5-9-22-14/h2-4,6-7,12,14-17,22,26,32H,5,8-11H2,1H3,(H,23,27)(H,24,29)(H,25,28)(H,30,31). The minimum Gasteiger partial charge on any atom is -0.480 e. The summed E-state index contributed by atoms with van der Waals surface area (Å²) in [7, 11) is 0. The van der Waals surface area contributed by atoms with Crippen LogP contribution in [0.2, 0.25) is 0 Å². The molecule has 0 spiro atoms. The molecule has 176 valence electrons. The van der Waals surface area contributed by atoms with Gasteiger partial charge >= 0.3 is 5.97 Å². The molecule has 32 heavy (non-hydrogen) atoms. The smallest absolute Gasteiger partial charge is 0.327 e. The van der Waals surface area contributed by atoms with Crippen LogP contribution in [-0.2, 0) is 25.6 Å². The van der Waals surface area contributed by atoms with Crippen LogP contribution in [0.4, 0.5) is 0 Å². The van der Waals surface area contributed by atoms with Crippen molar-refractivity contribution in [2.24, 2.45) is 0 Å². The number of carboxylic acid groups (broad SMARTS) is 1. The highest BCUT2D eigenvalue weighted by atomic mass is 32.1. The van der Waals surface area contributed by atoms with Crippen LogP contribution in [0.1, 0.15) is 25.3 Å². The van der Waals surface area contributed by atoms with E-state index in [4.69, 9.17) is 5.11 Å². The van der Waals surface area contributed by atoms with E-state index in [0.29, 0.717) is 13.0 Å². The average Bonchev–Trinajstić information content (AvgIpc) is 3.30. The molecule has 1 aromatic rings. The fraction of sp³-hybridized carbons (Fsp3) is 0.524. The second-order valence-electron chi connectivity index (χ2n) is 7.71. The molecule has 1 saturated heterocycles. The van der Waals surface area contributed by atoms with Crippen molar-refractivity contribution in [3.05, 3.63) is 35.9 Å². The van der Waals surface area contributed by atoms with Gasteiger partial charge in [-0.1, -0.05) is 30.3 Å². The fourth-order valence-corrected chi connectivity index (χ4v) is 3.59. The van der Waals surface area contributed by atoms with E-state index in [2.05, 4.69) is 33.9 Å². The van der Waals surface area contributed by atoms with Gasteiger partial charge in [0, 0.05) is 12.2 Å². The number of aliphatic carboxylic acids is 1. The normalized spacial score (nSPS) is 19.3. The molecular formula is C21H30N4O6S. The summed E-state index contributed by atoms with van der Waals surface area (Å²) in [5, 5.41) is 29.6. The Labute approximate surface area is 191 Å². The summed E-state index contributed by atoms with van der Waals surface area (Å²) < 4.78 is 0. The first-order valence-corrected chi connectivity index (χ1v) is 11.1. The van der Waals surface area contributed by atoms with Crippen molar-refractivity contribution < 1.29 is 29.4 Å². The molecule has 0 saturated carbocycles. The molecule has 0 radical (unpaired) electrons. The first-order chi connectivity index (χ1) is 15.2. The van der Waals surface area contributed by atoms with Crippen LogP contribution in [-0.4, -0.2) is 76.5 Å². The second-order valence-corrected chi connectivity index (χ2v) is 8.07. The van der Waals surface area contributed by atoms with E-state index in [0.717, 1.165) is 12.0 Å². The number of benzene rings is 1. The number of aliphatic hydroxyl groups excluding tert-OH is 1. The molecule has 0 bridgehead atoms. The number of hydrogen-bond acceptors (Lipinski definition) is 7. The molecule has 0 aromatic heterocycles. The third kappa shape index (κ3) is 7.50. The van der Waals surface area contributed by atoms with E-state index in [-0.39, 0.29) is 18.1 Å². The van der Waals surface area contributed by atoms with Crippen molar-refractivity contribution in [3.63, 3.8) is 0 Å². The molecule has 1 heterocycles. The van der Waals surface area contributed by atoms with Crippen LogP contribution in [0.15, 0.2) is 30.3 Å². The zero-order valence-electron chi connectivity index (χ0n) is 17.8. The Morgan fingerprint density at radius 1 is 1.09 bits per heavy atom. The number of aliphatic hydroxyl groups is 1. The maximum absolute atomic E-state index is 13.0. The number of nitrogens with one attached hydrogen (secondary N) is 4. The van der Waals surface area contributed by atoms with E-state index in [1.54, 1.807) is 12.1 Å². The lowest BCUT2D eigenvalue weighted by Gasteiger charge is -2.26. The predicted octanol–water partition coefficient (Wildman–Crippen LogP) is -1.17. The summed E-state index contributed by atoms with van der Waals surface area (Å²) in [5.74, 6) is -3.31. The number of amides is 3. The Morgan fingerprint density at radius 3 is 2.31 bits per heavy atom. The van der Waals surface area contributed by atoms with Gasteiger partial charge in [0.25, 0.3) is 0 Å². The molecule has 0 aliphatic carbocycles. The highest BCUT2D eigenvalue weighted by molar-refractivity contribution is 7.80. The van der Waals surface area contributed by atoms with Gasteiger partial charge in [-0.3, -0.25) is 14.4 Å². The van der Waals surface area contributed by atoms with E-state index in [1.165, 1.54) is 6.92 Å². The van der Waals surface area contributed by atoms with Crippen LogP contribution in [0.5, 0.6) is 0 Å². The molecule has 3 amide bonds. The van der Waals surface area contributed by atoms with Gasteiger partial charge in [0.05, 0.1) is 12.1 Å². The molecule has 1 aromatic carbocycles. The number of hydrogen-bond donors (Lipinski definition) is 7. The van der Waals surface area contributed by atoms with Crippen LogP contribution < -0.4 is 21.3 Å². The molecule has 1 aliphatic rings. The van der Waals surface area contributed by atoms with Gasteiger partial charge in [-0.15, -0.1) is 0 Å². The number of carbonyl (C=O) groups is 4. The maximum atomic E-state index is 13.0. The van der Waals surface area contributed by atoms with E-state index in [9.17, 15) is 24.3 Å². The molecule has 2 rings (SSSR count). The zero-order chi connectivity index (χ0) is 23.7. The Morgan fingerprint density at radius 2 is 1.78 bits per heavy atom. The van der Waals surface area contributed by atoms with Gasteiger partial charge in [-0.25, -0.2) is 4.79 Å². The Balaban J connectivity index is 2.14. The first-order valence-electron chi connectivity index (χ1n) is 10.4. The lowest BCUT2D eigenvalue weighted by Crippen LogP contribution is -2.60. The first kappa shape index (κ1) is 25.6. The molecule has 1 fully saturated rings. The number of rotatable bonds is 11. The van der Waals surface area contributed by atoms with Crippen LogP contribution in [0, 0.1) is 0 Å². The summed E-state index contributed by atoms with van der Waals surface area (Å²) in [6, 6.07) is 4.96. The predicted molar refractivity (Wildman–Crippen MR) is 120 cm³/mol. The number of carboxylic acids is 1. The molecule has 5 unspecified atom stereocenters. The van der Waals surface area contributed by atoms with Gasteiger partial charge < -0.3 is 31.5 Å². The van der Waals surface area contributed by atoms with Gasteiger partial charge in [-0.05, 0) is 31.9 Å². The number of carbonyl (C=O) groups excluding carboxylic acids is 3. The van der Waals surface area contributed by atoms with Gasteiger partial charge in [0.2, 0.25) is 17.7 Å². The van der Waals surface area contributed by atoms with E-state index < -0.39 is 48.1 Å². The largest absolute Gasteiger partial charge is 0.480 e. The van der Waals surface area contributed by atoms with Crippen LogP contribution >= 0.6 is 12.6 Å². The maximum Gasteiger partial charge on any atom is 0.327 e. The molecular weight excluding hydrogens is 436 g/mol. The molecule has 1 aliphatic heterocycles. The highest BCUT2D eigenvalue weighted by Crippen LogP contribution is 2.08. The van der Waals surface area contributed by atoms with Crippen molar-refractivity contribution in [1.29, 1.82) is 0 Å². The zero-order valence-corrected chi connectivity index (χ0v) is 18.7. The fourth-order valence-electron chi connectivity index (χ4n) is 3.35. The second kappa shape index (κ2) is 12.4. The summed E-state index contributed by atoms with van der Waals surface area (Å²) in [4.78, 5) is 49.3. The summed E-state index contributed by atoms with van der Waals surface area (Å²) in [5.41, 5.74) is 0.798. The van der Waals surface area contributed by atoms with Crippen molar-refractivity contribution in [2.45, 2.75) is 56.5 Å². The van der Waals surface area contributed by atoms with Crippen molar-refractivity contribution in [2.75, 3.05) is 12.3 Å².